The van der Waals surface area contributed by atoms with Gasteiger partial charge in [-0.05, 0) is 18.6 Å². The monoisotopic (exact) mass is 336 g/mol. The minimum Gasteiger partial charge on any atom is -0.464 e. The molecule has 1 aliphatic carbocycles. The Labute approximate surface area is 143 Å². The average Bonchev–Trinajstić information content (AvgIpc) is 3.03. The van der Waals surface area contributed by atoms with Crippen LogP contribution in [0.25, 0.3) is 22.2 Å². The standard InChI is InChI=1S/C19H16N2O4/c1-10-9-14(20-7-8-24-11(2)22)15-16-17(10)21-25-19(16)13-6-4-3-5-12(13)18(15)23/h3-6,9,20H,7-8H2,1-2H3. The largest absolute Gasteiger partial charge is 0.464 e. The molecule has 6 nitrogen and oxygen atoms in total. The van der Waals surface area contributed by atoms with Gasteiger partial charge >= 0.3 is 5.97 Å². The fourth-order valence-electron chi connectivity index (χ4n) is 3.24. The Bertz CT molecular complexity index is 1020. The zero-order valence-corrected chi connectivity index (χ0v) is 13.9. The third-order valence-corrected chi connectivity index (χ3v) is 4.31. The number of benzene rings is 2. The van der Waals surface area contributed by atoms with E-state index < -0.39 is 0 Å². The van der Waals surface area contributed by atoms with E-state index in [0.717, 1.165) is 16.5 Å². The Morgan fingerprint density at radius 1 is 1.28 bits per heavy atom. The highest BCUT2D eigenvalue weighted by Crippen LogP contribution is 2.43. The first-order valence-electron chi connectivity index (χ1n) is 8.02. The molecule has 4 rings (SSSR count). The van der Waals surface area contributed by atoms with Crippen LogP contribution >= 0.6 is 0 Å². The van der Waals surface area contributed by atoms with Gasteiger partial charge < -0.3 is 14.6 Å². The lowest BCUT2D eigenvalue weighted by molar-refractivity contribution is -0.140. The van der Waals surface area contributed by atoms with Gasteiger partial charge in [0.15, 0.2) is 11.5 Å². The van der Waals surface area contributed by atoms with Crippen LogP contribution in [0, 0.1) is 6.92 Å². The maximum absolute atomic E-state index is 13.1. The molecule has 2 aromatic carbocycles. The van der Waals surface area contributed by atoms with Crippen molar-refractivity contribution in [2.75, 3.05) is 18.5 Å². The number of nitrogens with zero attached hydrogens (tertiary/aromatic N) is 1. The molecular weight excluding hydrogens is 320 g/mol. The number of ether oxygens (including phenoxy) is 1. The summed E-state index contributed by atoms with van der Waals surface area (Å²) in [6.45, 7) is 3.93. The molecule has 1 N–H and O–H groups in total. The zero-order valence-electron chi connectivity index (χ0n) is 13.9. The van der Waals surface area contributed by atoms with Crippen LogP contribution < -0.4 is 5.32 Å². The lowest BCUT2D eigenvalue weighted by atomic mass is 9.86. The number of aromatic nitrogens is 1. The van der Waals surface area contributed by atoms with E-state index in [1.165, 1.54) is 6.92 Å². The molecule has 0 unspecified atom stereocenters. The molecule has 3 aromatic rings. The van der Waals surface area contributed by atoms with Gasteiger partial charge in [0.1, 0.15) is 12.1 Å². The van der Waals surface area contributed by atoms with Gasteiger partial charge in [0.25, 0.3) is 0 Å². The maximum atomic E-state index is 13.1. The normalized spacial score (nSPS) is 12.2. The molecule has 0 fully saturated rings. The Hall–Kier alpha value is -3.15. The average molecular weight is 336 g/mol. The SMILES string of the molecule is CC(=O)OCCNc1cc(C)c2noc3c2c1C(=O)c1ccccc1-3. The van der Waals surface area contributed by atoms with Crippen LogP contribution in [-0.4, -0.2) is 30.1 Å². The van der Waals surface area contributed by atoms with Gasteiger partial charge in [-0.1, -0.05) is 29.4 Å². The molecule has 0 saturated heterocycles. The third kappa shape index (κ3) is 2.38. The quantitative estimate of drug-likeness (QED) is 0.455. The summed E-state index contributed by atoms with van der Waals surface area (Å²) in [5, 5.41) is 8.09. The van der Waals surface area contributed by atoms with E-state index in [1.54, 1.807) is 6.07 Å². The molecule has 0 radical (unpaired) electrons. The van der Waals surface area contributed by atoms with Crippen molar-refractivity contribution in [3.8, 4) is 11.3 Å². The Kier molecular flexibility index (Phi) is 3.53. The Balaban J connectivity index is 1.84. The molecule has 0 spiro atoms. The van der Waals surface area contributed by atoms with Gasteiger partial charge in [-0.15, -0.1) is 0 Å². The topological polar surface area (TPSA) is 81.4 Å². The second kappa shape index (κ2) is 5.73. The molecule has 25 heavy (non-hydrogen) atoms. The van der Waals surface area contributed by atoms with E-state index in [-0.39, 0.29) is 18.4 Å². The van der Waals surface area contributed by atoms with Crippen LogP contribution in [0.1, 0.15) is 28.4 Å². The van der Waals surface area contributed by atoms with Gasteiger partial charge in [-0.25, -0.2) is 0 Å². The number of aryl methyl sites for hydroxylation is 1. The van der Waals surface area contributed by atoms with E-state index in [1.807, 2.05) is 31.2 Å². The molecule has 0 bridgehead atoms. The van der Waals surface area contributed by atoms with E-state index in [0.29, 0.717) is 34.6 Å². The number of rotatable bonds is 4. The van der Waals surface area contributed by atoms with Gasteiger partial charge in [-0.3, -0.25) is 9.59 Å². The molecule has 0 aliphatic heterocycles. The Morgan fingerprint density at radius 2 is 2.04 bits per heavy atom. The molecule has 0 amide bonds. The first-order valence-corrected chi connectivity index (χ1v) is 8.02. The van der Waals surface area contributed by atoms with Crippen LogP contribution in [0.5, 0.6) is 0 Å². The number of esters is 1. The van der Waals surface area contributed by atoms with E-state index >= 15 is 0 Å². The molecule has 0 atom stereocenters. The summed E-state index contributed by atoms with van der Waals surface area (Å²) in [6, 6.07) is 9.24. The van der Waals surface area contributed by atoms with Crippen molar-refractivity contribution < 1.29 is 18.8 Å². The van der Waals surface area contributed by atoms with Crippen molar-refractivity contribution >= 4 is 28.3 Å². The van der Waals surface area contributed by atoms with Gasteiger partial charge in [0.2, 0.25) is 0 Å². The number of anilines is 1. The summed E-state index contributed by atoms with van der Waals surface area (Å²) in [5.74, 6) is 0.222. The first kappa shape index (κ1) is 15.4. The number of ketones is 1. The number of carbonyl (C=O) groups excluding carboxylic acids is 2. The summed E-state index contributed by atoms with van der Waals surface area (Å²) in [6.07, 6.45) is 0. The number of nitrogens with one attached hydrogen (secondary N) is 1. The highest BCUT2D eigenvalue weighted by molar-refractivity contribution is 6.27. The van der Waals surface area contributed by atoms with Gasteiger partial charge in [0.05, 0.1) is 10.9 Å². The lowest BCUT2D eigenvalue weighted by Gasteiger charge is -2.18. The Morgan fingerprint density at radius 3 is 2.80 bits per heavy atom. The number of hydrogen-bond acceptors (Lipinski definition) is 6. The molecular formula is C19H16N2O4. The smallest absolute Gasteiger partial charge is 0.302 e. The highest BCUT2D eigenvalue weighted by Gasteiger charge is 2.31. The number of hydrogen-bond donors (Lipinski definition) is 1. The summed E-state index contributed by atoms with van der Waals surface area (Å²) in [4.78, 5) is 24.0. The van der Waals surface area contributed by atoms with E-state index in [4.69, 9.17) is 9.26 Å². The molecule has 126 valence electrons. The second-order valence-electron chi connectivity index (χ2n) is 5.99. The fraction of sp³-hybridized carbons (Fsp3) is 0.211. The van der Waals surface area contributed by atoms with E-state index in [9.17, 15) is 9.59 Å². The number of carbonyl (C=O) groups is 2. The molecule has 1 aliphatic rings. The van der Waals surface area contributed by atoms with Crippen molar-refractivity contribution in [2.24, 2.45) is 0 Å². The maximum Gasteiger partial charge on any atom is 0.302 e. The predicted octanol–water partition coefficient (Wildman–Crippen LogP) is 3.32. The van der Waals surface area contributed by atoms with Crippen molar-refractivity contribution in [1.29, 1.82) is 0 Å². The van der Waals surface area contributed by atoms with Crippen LogP contribution in [0.4, 0.5) is 5.69 Å². The molecule has 1 aromatic heterocycles. The summed E-state index contributed by atoms with van der Waals surface area (Å²) in [5.41, 5.74) is 4.22. The van der Waals surface area contributed by atoms with Crippen LogP contribution in [-0.2, 0) is 9.53 Å². The van der Waals surface area contributed by atoms with Crippen LogP contribution in [0.3, 0.4) is 0 Å². The highest BCUT2D eigenvalue weighted by atomic mass is 16.5. The van der Waals surface area contributed by atoms with E-state index in [2.05, 4.69) is 10.5 Å². The van der Waals surface area contributed by atoms with Crippen LogP contribution in [0.2, 0.25) is 0 Å². The number of fused-ring (bicyclic) bond motifs is 2. The third-order valence-electron chi connectivity index (χ3n) is 4.31. The zero-order chi connectivity index (χ0) is 17.6. The minimum absolute atomic E-state index is 0.0636. The summed E-state index contributed by atoms with van der Waals surface area (Å²) in [7, 11) is 0. The molecule has 1 heterocycles. The molecule has 0 saturated carbocycles. The van der Waals surface area contributed by atoms with Crippen molar-refractivity contribution in [3.63, 3.8) is 0 Å². The first-order chi connectivity index (χ1) is 12.1. The summed E-state index contributed by atoms with van der Waals surface area (Å²) >= 11 is 0. The van der Waals surface area contributed by atoms with Crippen molar-refractivity contribution in [1.82, 2.24) is 5.16 Å². The predicted molar refractivity (Wildman–Crippen MR) is 92.7 cm³/mol. The van der Waals surface area contributed by atoms with Gasteiger partial charge in [-0.2, -0.15) is 0 Å². The summed E-state index contributed by atoms with van der Waals surface area (Å²) < 4.78 is 10.5. The lowest BCUT2D eigenvalue weighted by Crippen LogP contribution is -2.16. The minimum atomic E-state index is -0.332. The molecule has 6 heteroatoms. The second-order valence-corrected chi connectivity index (χ2v) is 5.99. The van der Waals surface area contributed by atoms with Crippen LogP contribution in [0.15, 0.2) is 34.9 Å². The van der Waals surface area contributed by atoms with Crippen molar-refractivity contribution in [3.05, 3.63) is 47.0 Å². The van der Waals surface area contributed by atoms with Crippen molar-refractivity contribution in [2.45, 2.75) is 13.8 Å². The fourth-order valence-corrected chi connectivity index (χ4v) is 3.24. The van der Waals surface area contributed by atoms with Gasteiger partial charge in [0, 0.05) is 30.3 Å².